The van der Waals surface area contributed by atoms with Gasteiger partial charge < -0.3 is 16.0 Å². The lowest BCUT2D eigenvalue weighted by Gasteiger charge is -2.34. The van der Waals surface area contributed by atoms with Crippen molar-refractivity contribution < 1.29 is 14.4 Å². The zero-order chi connectivity index (χ0) is 10.3. The van der Waals surface area contributed by atoms with Gasteiger partial charge in [-0.15, -0.1) is 0 Å². The molecule has 3 N–H and O–H groups in total. The van der Waals surface area contributed by atoms with E-state index in [4.69, 9.17) is 5.73 Å². The zero-order valence-electron chi connectivity index (χ0n) is 7.53. The van der Waals surface area contributed by atoms with E-state index in [2.05, 4.69) is 5.32 Å². The molecule has 2 aliphatic heterocycles. The third-order valence-corrected chi connectivity index (χ3v) is 2.73. The maximum absolute atomic E-state index is 11.3. The van der Waals surface area contributed by atoms with E-state index in [-0.39, 0.29) is 6.04 Å². The lowest BCUT2D eigenvalue weighted by molar-refractivity contribution is -0.152. The van der Waals surface area contributed by atoms with Crippen LogP contribution in [0.25, 0.3) is 0 Å². The summed E-state index contributed by atoms with van der Waals surface area (Å²) in [6.45, 7) is 0.542. The summed E-state index contributed by atoms with van der Waals surface area (Å²) in [5.74, 6) is -1.86. The molecule has 2 aliphatic rings. The van der Waals surface area contributed by atoms with Gasteiger partial charge in [-0.05, 0) is 12.8 Å². The van der Waals surface area contributed by atoms with Crippen LogP contribution in [-0.2, 0) is 14.4 Å². The summed E-state index contributed by atoms with van der Waals surface area (Å²) in [7, 11) is 0. The van der Waals surface area contributed by atoms with Crippen LogP contribution in [0.5, 0.6) is 0 Å². The van der Waals surface area contributed by atoms with Gasteiger partial charge >= 0.3 is 11.8 Å². The van der Waals surface area contributed by atoms with Gasteiger partial charge in [0.05, 0.1) is 6.04 Å². The Labute approximate surface area is 80.4 Å². The number of piperazine rings is 1. The van der Waals surface area contributed by atoms with Crippen molar-refractivity contribution in [2.75, 3.05) is 6.54 Å². The molecule has 6 heteroatoms. The largest absolute Gasteiger partial charge is 0.368 e. The van der Waals surface area contributed by atoms with Crippen LogP contribution >= 0.6 is 0 Å². The molecule has 0 radical (unpaired) electrons. The topological polar surface area (TPSA) is 92.5 Å². The number of amides is 3. The van der Waals surface area contributed by atoms with Crippen molar-refractivity contribution in [3.05, 3.63) is 0 Å². The SMILES string of the molecule is NC(=O)C1NC(=O)C(=O)N2CCCC12. The first-order chi connectivity index (χ1) is 6.61. The van der Waals surface area contributed by atoms with Crippen molar-refractivity contribution >= 4 is 17.7 Å². The predicted molar refractivity (Wildman–Crippen MR) is 45.9 cm³/mol. The summed E-state index contributed by atoms with van der Waals surface area (Å²) in [5.41, 5.74) is 5.14. The number of fused-ring (bicyclic) bond motifs is 1. The number of carbonyl (C=O) groups excluding carboxylic acids is 3. The summed E-state index contributed by atoms with van der Waals surface area (Å²) in [5, 5.41) is 2.33. The van der Waals surface area contributed by atoms with Crippen molar-refractivity contribution in [2.24, 2.45) is 5.73 Å². The van der Waals surface area contributed by atoms with Gasteiger partial charge in [0.25, 0.3) is 0 Å². The minimum atomic E-state index is -0.730. The van der Waals surface area contributed by atoms with E-state index in [1.54, 1.807) is 0 Å². The summed E-state index contributed by atoms with van der Waals surface area (Å²) in [4.78, 5) is 34.9. The Kier molecular flexibility index (Phi) is 1.90. The molecule has 0 spiro atoms. The molecular formula is C8H11N3O3. The van der Waals surface area contributed by atoms with Gasteiger partial charge in [0, 0.05) is 6.54 Å². The molecule has 3 amide bonds. The van der Waals surface area contributed by atoms with E-state index in [0.717, 1.165) is 12.8 Å². The Morgan fingerprint density at radius 2 is 2.21 bits per heavy atom. The minimum absolute atomic E-state index is 0.238. The number of rotatable bonds is 1. The number of primary amides is 1. The fourth-order valence-electron chi connectivity index (χ4n) is 2.08. The summed E-state index contributed by atoms with van der Waals surface area (Å²) in [6.07, 6.45) is 1.54. The molecule has 2 atom stereocenters. The molecule has 14 heavy (non-hydrogen) atoms. The Morgan fingerprint density at radius 3 is 2.86 bits per heavy atom. The van der Waals surface area contributed by atoms with Gasteiger partial charge in [0.15, 0.2) is 0 Å². The standard InChI is InChI=1S/C8H11N3O3/c9-6(12)5-4-2-1-3-11(4)8(14)7(13)10-5/h4-5H,1-3H2,(H2,9,12)(H,10,13). The third kappa shape index (κ3) is 1.14. The van der Waals surface area contributed by atoms with Crippen LogP contribution in [-0.4, -0.2) is 41.2 Å². The molecule has 0 aliphatic carbocycles. The van der Waals surface area contributed by atoms with E-state index < -0.39 is 23.8 Å². The van der Waals surface area contributed by atoms with Crippen LogP contribution in [0.4, 0.5) is 0 Å². The number of nitrogens with zero attached hydrogens (tertiary/aromatic N) is 1. The molecule has 0 saturated carbocycles. The highest BCUT2D eigenvalue weighted by Crippen LogP contribution is 2.23. The van der Waals surface area contributed by atoms with Crippen molar-refractivity contribution in [3.63, 3.8) is 0 Å². The van der Waals surface area contributed by atoms with E-state index in [1.165, 1.54) is 4.90 Å². The molecule has 2 heterocycles. The fourth-order valence-corrected chi connectivity index (χ4v) is 2.08. The Hall–Kier alpha value is -1.59. The molecule has 6 nitrogen and oxygen atoms in total. The quantitative estimate of drug-likeness (QED) is 0.474. The zero-order valence-corrected chi connectivity index (χ0v) is 7.53. The van der Waals surface area contributed by atoms with Gasteiger partial charge in [-0.3, -0.25) is 14.4 Å². The lowest BCUT2D eigenvalue weighted by atomic mass is 10.0. The molecule has 2 unspecified atom stereocenters. The average molecular weight is 197 g/mol. The summed E-state index contributed by atoms with van der Waals surface area (Å²) < 4.78 is 0. The highest BCUT2D eigenvalue weighted by Gasteiger charge is 2.45. The molecule has 2 saturated heterocycles. The number of hydrogen-bond donors (Lipinski definition) is 2. The Morgan fingerprint density at radius 1 is 1.50 bits per heavy atom. The number of hydrogen-bond acceptors (Lipinski definition) is 3. The maximum Gasteiger partial charge on any atom is 0.312 e. The Bertz CT molecular complexity index is 315. The number of carbonyl (C=O) groups is 3. The smallest absolute Gasteiger partial charge is 0.312 e. The van der Waals surface area contributed by atoms with Gasteiger partial charge in [-0.25, -0.2) is 0 Å². The molecule has 0 bridgehead atoms. The second-order valence-corrected chi connectivity index (χ2v) is 3.56. The molecule has 0 aromatic heterocycles. The highest BCUT2D eigenvalue weighted by atomic mass is 16.2. The average Bonchev–Trinajstić information content (AvgIpc) is 2.59. The first-order valence-corrected chi connectivity index (χ1v) is 4.52. The van der Waals surface area contributed by atoms with Gasteiger partial charge in [-0.1, -0.05) is 0 Å². The monoisotopic (exact) mass is 197 g/mol. The van der Waals surface area contributed by atoms with E-state index in [9.17, 15) is 14.4 Å². The third-order valence-electron chi connectivity index (χ3n) is 2.73. The highest BCUT2D eigenvalue weighted by molar-refractivity contribution is 6.36. The van der Waals surface area contributed by atoms with Crippen molar-refractivity contribution in [1.29, 1.82) is 0 Å². The summed E-state index contributed by atoms with van der Waals surface area (Å²) in [6, 6.07) is -0.958. The fraction of sp³-hybridized carbons (Fsp3) is 0.625. The normalized spacial score (nSPS) is 31.3. The molecule has 0 aromatic rings. The van der Waals surface area contributed by atoms with E-state index in [0.29, 0.717) is 6.54 Å². The number of nitrogens with two attached hydrogens (primary N) is 1. The minimum Gasteiger partial charge on any atom is -0.368 e. The van der Waals surface area contributed by atoms with E-state index in [1.807, 2.05) is 0 Å². The van der Waals surface area contributed by atoms with Gasteiger partial charge in [0.1, 0.15) is 6.04 Å². The van der Waals surface area contributed by atoms with Crippen molar-refractivity contribution in [1.82, 2.24) is 10.2 Å². The molecule has 2 rings (SSSR count). The van der Waals surface area contributed by atoms with Crippen molar-refractivity contribution in [2.45, 2.75) is 24.9 Å². The Balaban J connectivity index is 2.27. The van der Waals surface area contributed by atoms with Crippen LogP contribution in [0.3, 0.4) is 0 Å². The van der Waals surface area contributed by atoms with Crippen LogP contribution in [0.2, 0.25) is 0 Å². The van der Waals surface area contributed by atoms with Crippen LogP contribution in [0.1, 0.15) is 12.8 Å². The van der Waals surface area contributed by atoms with E-state index >= 15 is 0 Å². The molecular weight excluding hydrogens is 186 g/mol. The van der Waals surface area contributed by atoms with Crippen LogP contribution in [0.15, 0.2) is 0 Å². The second-order valence-electron chi connectivity index (χ2n) is 3.56. The molecule has 2 fully saturated rings. The van der Waals surface area contributed by atoms with Crippen molar-refractivity contribution in [3.8, 4) is 0 Å². The van der Waals surface area contributed by atoms with Crippen LogP contribution in [0, 0.1) is 0 Å². The lowest BCUT2D eigenvalue weighted by Crippen LogP contribution is -2.65. The first kappa shape index (κ1) is 8.98. The molecule has 76 valence electrons. The predicted octanol–water partition coefficient (Wildman–Crippen LogP) is -2.04. The van der Waals surface area contributed by atoms with Gasteiger partial charge in [-0.2, -0.15) is 0 Å². The van der Waals surface area contributed by atoms with Gasteiger partial charge in [0.2, 0.25) is 5.91 Å². The summed E-state index contributed by atoms with van der Waals surface area (Å²) >= 11 is 0. The van der Waals surface area contributed by atoms with Crippen LogP contribution < -0.4 is 11.1 Å². The first-order valence-electron chi connectivity index (χ1n) is 4.52. The number of nitrogens with one attached hydrogen (secondary N) is 1. The second kappa shape index (κ2) is 2.97. The maximum atomic E-state index is 11.3. The molecule has 0 aromatic carbocycles.